The lowest BCUT2D eigenvalue weighted by molar-refractivity contribution is -0.384. The van der Waals surface area contributed by atoms with Crippen LogP contribution in [0.5, 0.6) is 11.5 Å². The van der Waals surface area contributed by atoms with Crippen molar-refractivity contribution in [1.82, 2.24) is 21.3 Å². The van der Waals surface area contributed by atoms with Gasteiger partial charge in [0.05, 0.1) is 23.7 Å². The van der Waals surface area contributed by atoms with Crippen molar-refractivity contribution in [2.45, 2.75) is 187 Å². The number of allylic oxidation sites excluding steroid dienone is 1. The van der Waals surface area contributed by atoms with Gasteiger partial charge in [0.1, 0.15) is 30.2 Å². The number of nitrogens with zero attached hydrogens (tertiary/aromatic N) is 1. The lowest BCUT2D eigenvalue weighted by atomic mass is 9.47. The number of nitro benzene ring substituents is 1. The molecule has 5 N–H and O–H groups in total. The Labute approximate surface area is 597 Å². The number of aryl methyl sites for hydroxylation is 1. The summed E-state index contributed by atoms with van der Waals surface area (Å²) in [5.74, 6) is 3.76. The minimum Gasteiger partial charge on any atom is -0.497 e. The maximum absolute atomic E-state index is 14.8. The molecule has 0 aliphatic heterocycles. The number of carbonyl (C=O) groups excluding carboxylic acids is 5. The monoisotopic (exact) mass is 1370 g/mol. The SMILES string of the molecule is COc1ccc(C(NCCCC[C@H](NC(=O)[C@H](Cc2ccc([N+](=O)[O-])cc2)NC(=O)CCC(=O)NCCCO[C@H]2CC[C@@]3(C)C(=CC[C@H]4[C@@H]5CC[C@H]([C@H](C)CCCC(C)C)[C@@]5(C)CC[C@@H]43)C2)C(=O)Nc2ccc(COC(=O)Oc3ccc(C)cc3)cc2)(c2ccccc2)c2ccccc2)cc1. The van der Waals surface area contributed by atoms with Crippen LogP contribution in [-0.4, -0.2) is 79.7 Å². The van der Waals surface area contributed by atoms with E-state index in [4.69, 9.17) is 18.9 Å². The van der Waals surface area contributed by atoms with Crippen LogP contribution in [0.25, 0.3) is 0 Å². The average Bonchev–Trinajstić information content (AvgIpc) is 1.69. The largest absolute Gasteiger partial charge is 0.514 e. The van der Waals surface area contributed by atoms with Crippen LogP contribution >= 0.6 is 0 Å². The smallest absolute Gasteiger partial charge is 0.497 e. The molecular weight excluding hydrogens is 1270 g/mol. The summed E-state index contributed by atoms with van der Waals surface area (Å²) in [5, 5.41) is 27.3. The first-order valence-corrected chi connectivity index (χ1v) is 37.0. The number of carbonyl (C=O) groups is 5. The molecule has 0 saturated heterocycles. The average molecular weight is 1380 g/mol. The Hall–Kier alpha value is -8.67. The number of hydrogen-bond acceptors (Lipinski definition) is 12. The molecule has 3 fully saturated rings. The molecule has 10 rings (SSSR count). The van der Waals surface area contributed by atoms with Crippen molar-refractivity contribution in [2.24, 2.45) is 46.3 Å². The fraction of sp³-hybridized carbons (Fsp3) is 0.488. The highest BCUT2D eigenvalue weighted by Gasteiger charge is 2.59. The number of anilines is 1. The van der Waals surface area contributed by atoms with E-state index in [1.54, 1.807) is 49.1 Å². The van der Waals surface area contributed by atoms with Crippen LogP contribution in [0.15, 0.2) is 169 Å². The van der Waals surface area contributed by atoms with E-state index in [-0.39, 0.29) is 55.4 Å². The molecule has 6 aromatic rings. The van der Waals surface area contributed by atoms with Gasteiger partial charge in [-0.15, -0.1) is 0 Å². The number of nitrogens with one attached hydrogen (secondary N) is 5. The van der Waals surface area contributed by atoms with Gasteiger partial charge >= 0.3 is 6.16 Å². The van der Waals surface area contributed by atoms with E-state index in [0.29, 0.717) is 66.9 Å². The van der Waals surface area contributed by atoms with Crippen molar-refractivity contribution < 1.29 is 47.8 Å². The normalized spacial score (nSPS) is 21.6. The lowest BCUT2D eigenvalue weighted by Gasteiger charge is -2.58. The summed E-state index contributed by atoms with van der Waals surface area (Å²) >= 11 is 0. The van der Waals surface area contributed by atoms with Gasteiger partial charge in [-0.05, 0) is 201 Å². The van der Waals surface area contributed by atoms with Crippen molar-refractivity contribution in [3.05, 3.63) is 213 Å². The van der Waals surface area contributed by atoms with Gasteiger partial charge in [-0.1, -0.05) is 180 Å². The zero-order valence-electron chi connectivity index (χ0n) is 60.3. The van der Waals surface area contributed by atoms with Crippen LogP contribution < -0.4 is 36.1 Å². The number of amides is 4. The Morgan fingerprint density at radius 1 is 0.644 bits per heavy atom. The summed E-state index contributed by atoms with van der Waals surface area (Å²) in [7, 11) is 1.63. The number of methoxy groups -OCH3 is 1. The van der Waals surface area contributed by atoms with E-state index >= 15 is 0 Å². The van der Waals surface area contributed by atoms with Crippen LogP contribution in [0.2, 0.25) is 0 Å². The van der Waals surface area contributed by atoms with Gasteiger partial charge in [0.15, 0.2) is 0 Å². The Balaban J connectivity index is 0.752. The fourth-order valence-electron chi connectivity index (χ4n) is 17.2. The number of hydrogen-bond donors (Lipinski definition) is 5. The number of nitro groups is 1. The third-order valence-corrected chi connectivity index (χ3v) is 22.8. The summed E-state index contributed by atoms with van der Waals surface area (Å²) in [4.78, 5) is 80.3. The molecule has 6 aromatic carbocycles. The van der Waals surface area contributed by atoms with Gasteiger partial charge in [0.2, 0.25) is 23.6 Å². The molecule has 538 valence electrons. The van der Waals surface area contributed by atoms with Crippen molar-refractivity contribution in [1.29, 1.82) is 0 Å². The van der Waals surface area contributed by atoms with Gasteiger partial charge in [0, 0.05) is 50.2 Å². The number of non-ortho nitro benzene ring substituents is 1. The third kappa shape index (κ3) is 19.3. The van der Waals surface area contributed by atoms with E-state index < -0.39 is 46.4 Å². The molecule has 101 heavy (non-hydrogen) atoms. The van der Waals surface area contributed by atoms with Crippen LogP contribution in [0.1, 0.15) is 177 Å². The van der Waals surface area contributed by atoms with E-state index in [1.165, 1.54) is 75.6 Å². The van der Waals surface area contributed by atoms with Crippen molar-refractivity contribution in [3.8, 4) is 11.5 Å². The maximum Gasteiger partial charge on any atom is 0.514 e. The Morgan fingerprint density at radius 2 is 1.31 bits per heavy atom. The predicted octanol–water partition coefficient (Wildman–Crippen LogP) is 16.2. The molecule has 3 saturated carbocycles. The first-order chi connectivity index (χ1) is 48.7. The first-order valence-electron chi connectivity index (χ1n) is 37.0. The van der Waals surface area contributed by atoms with Crippen molar-refractivity contribution in [2.75, 3.05) is 32.1 Å². The van der Waals surface area contributed by atoms with Gasteiger partial charge in [-0.3, -0.25) is 34.6 Å². The van der Waals surface area contributed by atoms with Crippen molar-refractivity contribution >= 4 is 41.2 Å². The van der Waals surface area contributed by atoms with E-state index in [0.717, 1.165) is 82.8 Å². The maximum atomic E-state index is 14.8. The molecule has 4 amide bonds. The molecule has 10 atom stereocenters. The highest BCUT2D eigenvalue weighted by atomic mass is 16.7. The zero-order chi connectivity index (χ0) is 71.5. The topological polar surface area (TPSA) is 226 Å². The number of unbranched alkanes of at least 4 members (excludes halogenated alkanes) is 1. The molecule has 0 heterocycles. The summed E-state index contributed by atoms with van der Waals surface area (Å²) in [6.45, 7) is 15.7. The second-order valence-corrected chi connectivity index (χ2v) is 29.8. The van der Waals surface area contributed by atoms with Crippen LogP contribution in [0.3, 0.4) is 0 Å². The Kier molecular flexibility index (Phi) is 26.2. The Morgan fingerprint density at radius 3 is 1.98 bits per heavy atom. The van der Waals surface area contributed by atoms with Gasteiger partial charge in [-0.25, -0.2) is 4.79 Å². The molecule has 4 aliphatic rings. The Bertz CT molecular complexity index is 3700. The molecule has 0 spiro atoms. The summed E-state index contributed by atoms with van der Waals surface area (Å²) in [5.41, 5.74) is 6.93. The van der Waals surface area contributed by atoms with E-state index in [2.05, 4.69) is 91.5 Å². The van der Waals surface area contributed by atoms with Gasteiger partial charge in [-0.2, -0.15) is 0 Å². The molecule has 17 nitrogen and oxygen atoms in total. The second-order valence-electron chi connectivity index (χ2n) is 29.8. The molecule has 0 aromatic heterocycles. The summed E-state index contributed by atoms with van der Waals surface area (Å²) < 4.78 is 22.8. The highest BCUT2D eigenvalue weighted by Crippen LogP contribution is 2.67. The van der Waals surface area contributed by atoms with Gasteiger partial charge in [0.25, 0.3) is 5.69 Å². The first kappa shape index (κ1) is 75.0. The summed E-state index contributed by atoms with van der Waals surface area (Å²) in [6, 6.07) is 45.4. The summed E-state index contributed by atoms with van der Waals surface area (Å²) in [6.07, 6.45) is 17.2. The van der Waals surface area contributed by atoms with Crippen LogP contribution in [0.4, 0.5) is 16.2 Å². The number of benzene rings is 6. The third-order valence-electron chi connectivity index (χ3n) is 22.8. The minimum atomic E-state index is -1.25. The van der Waals surface area contributed by atoms with Gasteiger partial charge < -0.3 is 40.2 Å². The highest BCUT2D eigenvalue weighted by molar-refractivity contribution is 5.98. The second kappa shape index (κ2) is 35.3. The number of ether oxygens (including phenoxy) is 4. The number of fused-ring (bicyclic) bond motifs is 5. The lowest BCUT2D eigenvalue weighted by Crippen LogP contribution is -2.53. The fourth-order valence-corrected chi connectivity index (χ4v) is 17.2. The van der Waals surface area contributed by atoms with Crippen LogP contribution in [-0.2, 0) is 47.2 Å². The predicted molar refractivity (Wildman–Crippen MR) is 395 cm³/mol. The molecule has 0 radical (unpaired) electrons. The van der Waals surface area contributed by atoms with E-state index in [9.17, 15) is 34.1 Å². The van der Waals surface area contributed by atoms with Crippen LogP contribution in [0, 0.1) is 63.4 Å². The number of rotatable bonds is 34. The molecule has 0 bridgehead atoms. The van der Waals surface area contributed by atoms with Crippen molar-refractivity contribution in [3.63, 3.8) is 0 Å². The standard InChI is InChI=1S/C84H106N6O11/c1-57(2)18-16-19-59(4)72-43-44-73-71-42-33-65-55-70(47-49-82(65,5)74(71)48-50-83(72,73)6)99-53-17-51-85-77(91)45-46-78(92)88-76(54-60-29-36-67(37-30-60)90(96)97)80(94)89-75(79(93)87-66-34-27-61(28-35-66)56-100-81(95)101-69-38-25-58(3)26-39-69)24-14-15-52-86-84(62-20-10-8-11-21-62,63-22-12-9-13-23-63)64-31-40-68(98-7)41-32-64/h8-13,20-23,25-41,57,59,70-76,86H,14-19,24,42-56H2,1-7H3,(H,85,91)(H,87,93)(H,88,92)(H,89,94)/t59-,70+,71+,72-,73+,74+,75+,76+,82+,83-/m1/s1. The molecule has 0 unspecified atom stereocenters. The molecule has 4 aliphatic carbocycles. The quantitative estimate of drug-likeness (QED) is 0.00484. The minimum absolute atomic E-state index is 0.0776. The van der Waals surface area contributed by atoms with E-state index in [1.807, 2.05) is 79.7 Å². The molecular formula is C84H106N6O11. The zero-order valence-corrected chi connectivity index (χ0v) is 60.3. The molecule has 17 heteroatoms.